The van der Waals surface area contributed by atoms with Crippen LogP contribution >= 0.6 is 0 Å². The number of nitrogens with zero attached hydrogens (tertiary/aromatic N) is 3. The number of benzene rings is 2. The fourth-order valence-corrected chi connectivity index (χ4v) is 3.43. The van der Waals surface area contributed by atoms with Crippen LogP contribution in [0.1, 0.15) is 23.0 Å². The molecule has 8 heteroatoms. The number of aromatic nitrogens is 3. The first kappa shape index (κ1) is 19.9. The van der Waals surface area contributed by atoms with Crippen molar-refractivity contribution in [3.8, 4) is 11.5 Å². The fourth-order valence-electron chi connectivity index (χ4n) is 3.43. The van der Waals surface area contributed by atoms with Crippen molar-refractivity contribution in [1.29, 1.82) is 0 Å². The molecule has 7 nitrogen and oxygen atoms in total. The van der Waals surface area contributed by atoms with Gasteiger partial charge in [0.2, 0.25) is 5.89 Å². The highest BCUT2D eigenvalue weighted by molar-refractivity contribution is 5.80. The minimum atomic E-state index is -0.241. The molecule has 2 aromatic heterocycles. The van der Waals surface area contributed by atoms with Crippen LogP contribution in [0.25, 0.3) is 10.9 Å². The van der Waals surface area contributed by atoms with E-state index in [4.69, 9.17) is 14.0 Å². The molecule has 4 rings (SSSR count). The summed E-state index contributed by atoms with van der Waals surface area (Å²) in [5.41, 5.74) is 2.90. The van der Waals surface area contributed by atoms with Crippen LogP contribution in [0, 0.1) is 5.82 Å². The molecular formula is C22H23FN4O3. The highest BCUT2D eigenvalue weighted by atomic mass is 19.1. The largest absolute Gasteiger partial charge is 0.493 e. The number of aromatic amines is 1. The molecule has 0 bridgehead atoms. The molecule has 0 aliphatic rings. The van der Waals surface area contributed by atoms with Crippen molar-refractivity contribution >= 4 is 10.9 Å². The van der Waals surface area contributed by atoms with Gasteiger partial charge in [-0.05, 0) is 49.0 Å². The monoisotopic (exact) mass is 410 g/mol. The average Bonchev–Trinajstić information content (AvgIpc) is 3.33. The molecule has 2 heterocycles. The highest BCUT2D eigenvalue weighted by Gasteiger charge is 2.13. The predicted octanol–water partition coefficient (Wildman–Crippen LogP) is 3.93. The van der Waals surface area contributed by atoms with E-state index >= 15 is 0 Å². The second kappa shape index (κ2) is 8.54. The summed E-state index contributed by atoms with van der Waals surface area (Å²) in [6, 6.07) is 12.4. The Morgan fingerprint density at radius 1 is 1.03 bits per heavy atom. The lowest BCUT2D eigenvalue weighted by atomic mass is 10.1. The Hall–Kier alpha value is -3.39. The molecule has 0 aliphatic carbocycles. The van der Waals surface area contributed by atoms with Crippen molar-refractivity contribution in [3.05, 3.63) is 71.3 Å². The number of halogens is 1. The molecule has 4 aromatic rings. The van der Waals surface area contributed by atoms with Gasteiger partial charge in [0.15, 0.2) is 17.3 Å². The van der Waals surface area contributed by atoms with Gasteiger partial charge in [0.1, 0.15) is 5.82 Å². The van der Waals surface area contributed by atoms with E-state index in [2.05, 4.69) is 20.0 Å². The van der Waals surface area contributed by atoms with Crippen LogP contribution in [0.2, 0.25) is 0 Å². The average molecular weight is 410 g/mol. The van der Waals surface area contributed by atoms with Gasteiger partial charge in [-0.25, -0.2) is 4.39 Å². The number of methoxy groups -OCH3 is 2. The molecule has 0 saturated carbocycles. The van der Waals surface area contributed by atoms with Crippen LogP contribution in [0.5, 0.6) is 11.5 Å². The number of H-pyrrole nitrogens is 1. The molecular weight excluding hydrogens is 387 g/mol. The summed E-state index contributed by atoms with van der Waals surface area (Å²) in [5, 5.41) is 4.93. The number of fused-ring (bicyclic) bond motifs is 1. The lowest BCUT2D eigenvalue weighted by Crippen LogP contribution is -2.17. The van der Waals surface area contributed by atoms with Crippen LogP contribution < -0.4 is 9.47 Å². The molecule has 0 fully saturated rings. The standard InChI is InChI=1S/C22H23FN4O3/c1-27(12-17-11-15-10-16(23)5-6-18(15)24-17)13-22-25-21(26-30-22)9-14-4-7-19(28-2)20(8-14)29-3/h4-8,10-11,24H,9,12-13H2,1-3H3. The molecule has 0 radical (unpaired) electrons. The van der Waals surface area contributed by atoms with Crippen LogP contribution in [0.15, 0.2) is 47.0 Å². The zero-order valence-electron chi connectivity index (χ0n) is 17.1. The van der Waals surface area contributed by atoms with E-state index in [1.54, 1.807) is 20.3 Å². The van der Waals surface area contributed by atoms with E-state index in [0.29, 0.717) is 42.7 Å². The Bertz CT molecular complexity index is 1150. The number of hydrogen-bond acceptors (Lipinski definition) is 6. The maximum absolute atomic E-state index is 13.4. The minimum absolute atomic E-state index is 0.241. The molecule has 0 saturated heterocycles. The zero-order valence-corrected chi connectivity index (χ0v) is 17.1. The van der Waals surface area contributed by atoms with Gasteiger partial charge in [0.05, 0.1) is 20.8 Å². The van der Waals surface area contributed by atoms with E-state index in [1.807, 2.05) is 31.3 Å². The predicted molar refractivity (Wildman–Crippen MR) is 110 cm³/mol. The summed E-state index contributed by atoms with van der Waals surface area (Å²) >= 11 is 0. The van der Waals surface area contributed by atoms with Crippen LogP contribution in [0.3, 0.4) is 0 Å². The third-order valence-corrected chi connectivity index (χ3v) is 4.80. The van der Waals surface area contributed by atoms with E-state index in [-0.39, 0.29) is 5.82 Å². The summed E-state index contributed by atoms with van der Waals surface area (Å²) in [5.74, 6) is 2.24. The van der Waals surface area contributed by atoms with E-state index in [9.17, 15) is 4.39 Å². The summed E-state index contributed by atoms with van der Waals surface area (Å²) in [6.07, 6.45) is 0.529. The van der Waals surface area contributed by atoms with Gasteiger partial charge < -0.3 is 19.0 Å². The van der Waals surface area contributed by atoms with E-state index in [0.717, 1.165) is 22.2 Å². The number of hydrogen-bond donors (Lipinski definition) is 1. The number of nitrogens with one attached hydrogen (secondary N) is 1. The fraction of sp³-hybridized carbons (Fsp3) is 0.273. The van der Waals surface area contributed by atoms with Gasteiger partial charge in [-0.2, -0.15) is 4.98 Å². The summed E-state index contributed by atoms with van der Waals surface area (Å²) in [6.45, 7) is 1.15. The Balaban J connectivity index is 1.38. The van der Waals surface area contributed by atoms with Crippen molar-refractivity contribution in [3.63, 3.8) is 0 Å². The topological polar surface area (TPSA) is 76.4 Å². The van der Waals surface area contributed by atoms with E-state index in [1.165, 1.54) is 12.1 Å². The van der Waals surface area contributed by atoms with Crippen molar-refractivity contribution in [1.82, 2.24) is 20.0 Å². The van der Waals surface area contributed by atoms with Crippen LogP contribution in [-0.4, -0.2) is 41.3 Å². The second-order valence-electron chi connectivity index (χ2n) is 7.17. The lowest BCUT2D eigenvalue weighted by molar-refractivity contribution is 0.258. The van der Waals surface area contributed by atoms with Gasteiger partial charge in [-0.1, -0.05) is 11.2 Å². The highest BCUT2D eigenvalue weighted by Crippen LogP contribution is 2.28. The maximum atomic E-state index is 13.4. The number of ether oxygens (including phenoxy) is 2. The molecule has 30 heavy (non-hydrogen) atoms. The Morgan fingerprint density at radius 3 is 2.67 bits per heavy atom. The zero-order chi connectivity index (χ0) is 21.1. The SMILES string of the molecule is COc1ccc(Cc2noc(CN(C)Cc3cc4cc(F)ccc4[nH]3)n2)cc1OC. The summed E-state index contributed by atoms with van der Waals surface area (Å²) in [4.78, 5) is 9.84. The summed E-state index contributed by atoms with van der Waals surface area (Å²) < 4.78 is 29.4. The first-order valence-electron chi connectivity index (χ1n) is 9.52. The third kappa shape index (κ3) is 4.44. The Kier molecular flexibility index (Phi) is 5.67. The summed E-state index contributed by atoms with van der Waals surface area (Å²) in [7, 11) is 5.17. The van der Waals surface area contributed by atoms with Crippen molar-refractivity contribution < 1.29 is 18.4 Å². The lowest BCUT2D eigenvalue weighted by Gasteiger charge is -2.12. The van der Waals surface area contributed by atoms with Gasteiger partial charge in [0, 0.05) is 29.6 Å². The molecule has 1 N–H and O–H groups in total. The Morgan fingerprint density at radius 2 is 1.87 bits per heavy atom. The van der Waals surface area contributed by atoms with Gasteiger partial charge in [-0.15, -0.1) is 0 Å². The van der Waals surface area contributed by atoms with Gasteiger partial charge in [-0.3, -0.25) is 4.90 Å². The Labute approximate surface area is 173 Å². The first-order chi connectivity index (χ1) is 14.5. The molecule has 0 atom stereocenters. The second-order valence-corrected chi connectivity index (χ2v) is 7.17. The molecule has 0 unspecified atom stereocenters. The smallest absolute Gasteiger partial charge is 0.240 e. The van der Waals surface area contributed by atoms with E-state index < -0.39 is 0 Å². The maximum Gasteiger partial charge on any atom is 0.240 e. The molecule has 2 aromatic carbocycles. The quantitative estimate of drug-likeness (QED) is 0.474. The molecule has 0 aliphatic heterocycles. The van der Waals surface area contributed by atoms with Crippen molar-refractivity contribution in [2.75, 3.05) is 21.3 Å². The van der Waals surface area contributed by atoms with Crippen molar-refractivity contribution in [2.45, 2.75) is 19.5 Å². The molecule has 156 valence electrons. The normalized spacial score (nSPS) is 11.4. The number of rotatable bonds is 8. The molecule has 0 spiro atoms. The van der Waals surface area contributed by atoms with Crippen LogP contribution in [-0.2, 0) is 19.5 Å². The first-order valence-corrected chi connectivity index (χ1v) is 9.52. The van der Waals surface area contributed by atoms with Crippen molar-refractivity contribution in [2.24, 2.45) is 0 Å². The minimum Gasteiger partial charge on any atom is -0.493 e. The van der Waals surface area contributed by atoms with Crippen LogP contribution in [0.4, 0.5) is 4.39 Å². The molecule has 0 amide bonds. The van der Waals surface area contributed by atoms with Gasteiger partial charge >= 0.3 is 0 Å². The van der Waals surface area contributed by atoms with Gasteiger partial charge in [0.25, 0.3) is 0 Å². The third-order valence-electron chi connectivity index (χ3n) is 4.80.